The van der Waals surface area contributed by atoms with E-state index in [0.717, 1.165) is 0 Å². The molecule has 0 aromatic carbocycles. The maximum atomic E-state index is 10.8. The highest BCUT2D eigenvalue weighted by Crippen LogP contribution is 1.94. The molecular formula is C7H16N2O2. The zero-order valence-electron chi connectivity index (χ0n) is 7.31. The van der Waals surface area contributed by atoms with Crippen molar-refractivity contribution >= 4 is 5.97 Å². The molecule has 0 spiro atoms. The van der Waals surface area contributed by atoms with Crippen molar-refractivity contribution in [2.45, 2.75) is 20.1 Å². The summed E-state index contributed by atoms with van der Waals surface area (Å²) >= 11 is 0. The quantitative estimate of drug-likeness (QED) is 0.364. The number of esters is 1. The lowest BCUT2D eigenvalue weighted by atomic mass is 10.4. The predicted molar refractivity (Wildman–Crippen MR) is 44.4 cm³/mol. The second kappa shape index (κ2) is 5.88. The van der Waals surface area contributed by atoms with Crippen LogP contribution >= 0.6 is 0 Å². The summed E-state index contributed by atoms with van der Waals surface area (Å²) in [4.78, 5) is 10.8. The maximum Gasteiger partial charge on any atom is 0.334 e. The van der Waals surface area contributed by atoms with E-state index in [-0.39, 0.29) is 18.3 Å². The first-order valence-corrected chi connectivity index (χ1v) is 3.11. The summed E-state index contributed by atoms with van der Waals surface area (Å²) in [6, 6.07) is 0. The Hall–Kier alpha value is -0.870. The zero-order chi connectivity index (χ0) is 8.15. The van der Waals surface area contributed by atoms with Crippen LogP contribution in [-0.4, -0.2) is 19.2 Å². The van der Waals surface area contributed by atoms with Gasteiger partial charge in [0.25, 0.3) is 0 Å². The van der Waals surface area contributed by atoms with Crippen LogP contribution < -0.4 is 11.5 Å². The van der Waals surface area contributed by atoms with Crippen LogP contribution in [0.5, 0.6) is 0 Å². The Morgan fingerprint density at radius 1 is 1.64 bits per heavy atom. The molecule has 0 radical (unpaired) electrons. The highest BCUT2D eigenvalue weighted by Gasteiger charge is 2.06. The first-order chi connectivity index (χ1) is 4.57. The highest BCUT2D eigenvalue weighted by atomic mass is 16.6. The van der Waals surface area contributed by atoms with Crippen LogP contribution in [-0.2, 0) is 9.53 Å². The van der Waals surface area contributed by atoms with Gasteiger partial charge in [0.05, 0.1) is 0 Å². The number of hydrogen-bond acceptors (Lipinski definition) is 4. The average molecular weight is 160 g/mol. The van der Waals surface area contributed by atoms with E-state index in [9.17, 15) is 4.79 Å². The Balaban J connectivity index is 0. The molecule has 66 valence electrons. The summed E-state index contributed by atoms with van der Waals surface area (Å²) < 4.78 is 4.81. The average Bonchev–Trinajstić information content (AvgIpc) is 1.87. The van der Waals surface area contributed by atoms with E-state index >= 15 is 0 Å². The predicted octanol–water partition coefficient (Wildman–Crippen LogP) is 0.833. The lowest BCUT2D eigenvalue weighted by Crippen LogP contribution is -2.27. The van der Waals surface area contributed by atoms with E-state index in [4.69, 9.17) is 4.74 Å². The minimum atomic E-state index is -0.359. The van der Waals surface area contributed by atoms with Crippen molar-refractivity contribution in [2.75, 3.05) is 7.05 Å². The Morgan fingerprint density at radius 2 is 2.09 bits per heavy atom. The van der Waals surface area contributed by atoms with Gasteiger partial charge in [-0.2, -0.15) is 0 Å². The van der Waals surface area contributed by atoms with Crippen LogP contribution in [0.2, 0.25) is 0 Å². The van der Waals surface area contributed by atoms with Crippen LogP contribution in [0.25, 0.3) is 0 Å². The second-order valence-corrected chi connectivity index (χ2v) is 2.12. The standard InChI is InChI=1S/C7H13NO2.H3N/c1-5(2)7(9)10-6(3)8-4;/h6,8H,1H2,2-4H3;1H3. The molecule has 0 fully saturated rings. The maximum absolute atomic E-state index is 10.8. The van der Waals surface area contributed by atoms with Gasteiger partial charge in [-0.1, -0.05) is 6.58 Å². The van der Waals surface area contributed by atoms with Crippen LogP contribution in [0, 0.1) is 0 Å². The summed E-state index contributed by atoms with van der Waals surface area (Å²) in [5.41, 5.74) is 0.419. The van der Waals surface area contributed by atoms with Gasteiger partial charge in [0.15, 0.2) is 6.23 Å². The summed E-state index contributed by atoms with van der Waals surface area (Å²) in [6.07, 6.45) is -0.246. The molecule has 0 heterocycles. The molecule has 0 aliphatic heterocycles. The molecule has 0 rings (SSSR count). The fourth-order valence-electron chi connectivity index (χ4n) is 0.320. The molecular weight excluding hydrogens is 144 g/mol. The third kappa shape index (κ3) is 5.57. The van der Waals surface area contributed by atoms with E-state index in [2.05, 4.69) is 11.9 Å². The number of hydrogen-bond donors (Lipinski definition) is 2. The third-order valence-corrected chi connectivity index (χ3v) is 1.04. The minimum absolute atomic E-state index is 0. The van der Waals surface area contributed by atoms with E-state index in [1.165, 1.54) is 0 Å². The smallest absolute Gasteiger partial charge is 0.334 e. The normalized spacial score (nSPS) is 11.2. The minimum Gasteiger partial charge on any atom is -0.444 e. The van der Waals surface area contributed by atoms with E-state index in [0.29, 0.717) is 5.57 Å². The number of rotatable bonds is 3. The summed E-state index contributed by atoms with van der Waals surface area (Å²) in [5, 5.41) is 2.77. The first kappa shape index (κ1) is 12.8. The van der Waals surface area contributed by atoms with Crippen LogP contribution in [0.3, 0.4) is 0 Å². The molecule has 0 aromatic heterocycles. The van der Waals surface area contributed by atoms with Gasteiger partial charge in [0, 0.05) is 5.57 Å². The van der Waals surface area contributed by atoms with Gasteiger partial charge < -0.3 is 10.9 Å². The van der Waals surface area contributed by atoms with Crippen LogP contribution in [0.4, 0.5) is 0 Å². The van der Waals surface area contributed by atoms with E-state index in [1.54, 1.807) is 20.9 Å². The van der Waals surface area contributed by atoms with Crippen LogP contribution in [0.15, 0.2) is 12.2 Å². The third-order valence-electron chi connectivity index (χ3n) is 1.04. The second-order valence-electron chi connectivity index (χ2n) is 2.12. The molecule has 0 amide bonds. The van der Waals surface area contributed by atoms with Gasteiger partial charge >= 0.3 is 5.97 Å². The van der Waals surface area contributed by atoms with Gasteiger partial charge in [-0.05, 0) is 20.9 Å². The topological polar surface area (TPSA) is 73.3 Å². The molecule has 0 aliphatic carbocycles. The Labute approximate surface area is 67.2 Å². The monoisotopic (exact) mass is 160 g/mol. The molecule has 4 N–H and O–H groups in total. The van der Waals surface area contributed by atoms with Crippen molar-refractivity contribution in [3.05, 3.63) is 12.2 Å². The fraction of sp³-hybridized carbons (Fsp3) is 0.571. The number of nitrogens with one attached hydrogen (secondary N) is 1. The number of carbonyl (C=O) groups excluding carboxylic acids is 1. The van der Waals surface area contributed by atoms with Gasteiger partial charge in [0.2, 0.25) is 0 Å². The molecule has 4 heteroatoms. The molecule has 0 saturated heterocycles. The highest BCUT2D eigenvalue weighted by molar-refractivity contribution is 5.87. The van der Waals surface area contributed by atoms with E-state index < -0.39 is 0 Å². The molecule has 0 aliphatic rings. The summed E-state index contributed by atoms with van der Waals surface area (Å²) in [5.74, 6) is -0.359. The molecule has 0 bridgehead atoms. The lowest BCUT2D eigenvalue weighted by molar-refractivity contribution is -0.144. The molecule has 11 heavy (non-hydrogen) atoms. The number of carbonyl (C=O) groups is 1. The molecule has 4 nitrogen and oxygen atoms in total. The van der Waals surface area contributed by atoms with Crippen molar-refractivity contribution in [3.63, 3.8) is 0 Å². The zero-order valence-corrected chi connectivity index (χ0v) is 7.31. The molecule has 0 saturated carbocycles. The van der Waals surface area contributed by atoms with Crippen molar-refractivity contribution in [1.82, 2.24) is 11.5 Å². The Bertz CT molecular complexity index is 145. The van der Waals surface area contributed by atoms with Crippen molar-refractivity contribution in [2.24, 2.45) is 0 Å². The van der Waals surface area contributed by atoms with Gasteiger partial charge in [-0.15, -0.1) is 0 Å². The molecule has 0 aromatic rings. The van der Waals surface area contributed by atoms with Crippen molar-refractivity contribution in [1.29, 1.82) is 0 Å². The Kier molecular flexibility index (Phi) is 6.83. The Morgan fingerprint density at radius 3 is 2.36 bits per heavy atom. The first-order valence-electron chi connectivity index (χ1n) is 3.11. The molecule has 1 atom stereocenters. The van der Waals surface area contributed by atoms with Crippen molar-refractivity contribution in [3.8, 4) is 0 Å². The SMILES string of the molecule is C=C(C)C(=O)OC(C)NC.N. The fourth-order valence-corrected chi connectivity index (χ4v) is 0.320. The number of ether oxygens (including phenoxy) is 1. The van der Waals surface area contributed by atoms with Gasteiger partial charge in [-0.25, -0.2) is 4.79 Å². The van der Waals surface area contributed by atoms with Gasteiger partial charge in [-0.3, -0.25) is 5.32 Å². The summed E-state index contributed by atoms with van der Waals surface area (Å²) in [7, 11) is 1.72. The summed E-state index contributed by atoms with van der Waals surface area (Å²) in [6.45, 7) is 6.81. The largest absolute Gasteiger partial charge is 0.444 e. The van der Waals surface area contributed by atoms with Crippen molar-refractivity contribution < 1.29 is 9.53 Å². The lowest BCUT2D eigenvalue weighted by Gasteiger charge is -2.10. The molecule has 1 unspecified atom stereocenters. The van der Waals surface area contributed by atoms with E-state index in [1.807, 2.05) is 0 Å². The van der Waals surface area contributed by atoms with Crippen LogP contribution in [0.1, 0.15) is 13.8 Å². The van der Waals surface area contributed by atoms with Gasteiger partial charge in [0.1, 0.15) is 0 Å².